The summed E-state index contributed by atoms with van der Waals surface area (Å²) in [5.74, 6) is 3.88. The molecular weight excluding hydrogens is 723 g/mol. The molecule has 3 aromatic rings. The Balaban J connectivity index is 0.000000199. The van der Waals surface area contributed by atoms with E-state index in [9.17, 15) is 0 Å². The number of rotatable bonds is 6. The van der Waals surface area contributed by atoms with Crippen LogP contribution in [-0.4, -0.2) is 12.3 Å². The molecule has 8 rings (SSSR count). The van der Waals surface area contributed by atoms with E-state index in [2.05, 4.69) is 152 Å². The van der Waals surface area contributed by atoms with Crippen molar-refractivity contribution in [3.8, 4) is 0 Å². The number of hydrogen-bond donors (Lipinski definition) is 0. The molecule has 5 fully saturated rings. The van der Waals surface area contributed by atoms with Crippen LogP contribution in [0.4, 0.5) is 0 Å². The zero-order valence-electron chi connectivity index (χ0n) is 26.3. The third-order valence-electron chi connectivity index (χ3n) is 9.15. The summed E-state index contributed by atoms with van der Waals surface area (Å²) in [5, 5.41) is 4.19. The van der Waals surface area contributed by atoms with Crippen molar-refractivity contribution in [3.63, 3.8) is 0 Å². The molecular formula is C40H43ClFeNPPd+2. The largest absolute Gasteiger partial charge is 2.00 e. The van der Waals surface area contributed by atoms with Gasteiger partial charge in [0.25, 0.3) is 0 Å². The summed E-state index contributed by atoms with van der Waals surface area (Å²) < 4.78 is 0. The Morgan fingerprint density at radius 3 is 1.62 bits per heavy atom. The van der Waals surface area contributed by atoms with Crippen LogP contribution >= 0.6 is 17.5 Å². The first-order chi connectivity index (χ1) is 21.5. The average molecular weight is 766 g/mol. The van der Waals surface area contributed by atoms with Crippen molar-refractivity contribution in [1.82, 2.24) is 0 Å². The summed E-state index contributed by atoms with van der Waals surface area (Å²) in [5.41, 5.74) is 1.73. The Labute approximate surface area is 301 Å². The van der Waals surface area contributed by atoms with Gasteiger partial charge in [0.15, 0.2) is 0 Å². The summed E-state index contributed by atoms with van der Waals surface area (Å²) in [7, 11) is 4.04. The molecule has 5 aliphatic carbocycles. The molecule has 236 valence electrons. The molecule has 45 heavy (non-hydrogen) atoms. The van der Waals surface area contributed by atoms with E-state index in [0.717, 1.165) is 35.9 Å². The van der Waals surface area contributed by atoms with Gasteiger partial charge in [-0.1, -0.05) is 118 Å². The fraction of sp³-hybridized carbons (Fsp3) is 0.275. The van der Waals surface area contributed by atoms with Crippen LogP contribution in [0.2, 0.25) is 0 Å². The maximum atomic E-state index is 4.82. The summed E-state index contributed by atoms with van der Waals surface area (Å²) in [6.45, 7) is 8.05. The summed E-state index contributed by atoms with van der Waals surface area (Å²) >= 11 is 2.22. The second-order valence-electron chi connectivity index (χ2n) is 12.0. The monoisotopic (exact) mass is 765 g/mol. The molecule has 0 spiro atoms. The van der Waals surface area contributed by atoms with Crippen molar-refractivity contribution in [2.75, 3.05) is 6.54 Å². The molecule has 5 saturated carbocycles. The number of nitrogens with zero attached hydrogens (tertiary/aromatic N) is 1. The second kappa shape index (κ2) is 20.6. The van der Waals surface area contributed by atoms with Gasteiger partial charge in [-0.15, -0.1) is 0 Å². The van der Waals surface area contributed by atoms with Crippen LogP contribution in [0.5, 0.6) is 0 Å². The summed E-state index contributed by atoms with van der Waals surface area (Å²) in [4.78, 5) is 4.82. The smallest absolute Gasteiger partial charge is 0.0622 e. The predicted octanol–water partition coefficient (Wildman–Crippen LogP) is 8.95. The molecule has 0 amide bonds. The van der Waals surface area contributed by atoms with Gasteiger partial charge < -0.3 is 6.42 Å². The van der Waals surface area contributed by atoms with Gasteiger partial charge in [0.2, 0.25) is 0 Å². The third kappa shape index (κ3) is 11.1. The maximum Gasteiger partial charge on any atom is 2.00 e. The third-order valence-corrected chi connectivity index (χ3v) is 11.6. The van der Waals surface area contributed by atoms with E-state index in [-0.39, 0.29) is 17.1 Å². The van der Waals surface area contributed by atoms with E-state index >= 15 is 0 Å². The van der Waals surface area contributed by atoms with E-state index < -0.39 is 7.92 Å². The van der Waals surface area contributed by atoms with Crippen LogP contribution in [0.15, 0.2) is 96.0 Å². The minimum Gasteiger partial charge on any atom is -0.0622 e. The van der Waals surface area contributed by atoms with Crippen molar-refractivity contribution < 1.29 is 35.2 Å². The fourth-order valence-electron chi connectivity index (χ4n) is 6.57. The van der Waals surface area contributed by atoms with Crippen LogP contribution in [-0.2, 0) is 35.2 Å². The molecule has 0 N–H and O–H groups in total. The molecule has 0 aliphatic heterocycles. The molecule has 5 aliphatic rings. The molecule has 2 bridgehead atoms. The molecule has 0 heterocycles. The van der Waals surface area contributed by atoms with Crippen LogP contribution in [0.3, 0.4) is 0 Å². The first-order valence-electron chi connectivity index (χ1n) is 15.4. The SMILES string of the molecule is CC(=NC[C@@H]1CC[C@@H]2C[C@H]1C2(C)C)[C]1[C-][CH][CH][CH]1.[CH]1[CH][CH][CH][CH]1.[Cl][Pd+].[Fe+2].c1ccc(P(c2ccccc2)c2ccccc2)cc1. The minimum atomic E-state index is -0.446. The van der Waals surface area contributed by atoms with E-state index in [1.165, 1.54) is 35.2 Å². The molecule has 1 nitrogen and oxygen atoms in total. The Morgan fingerprint density at radius 2 is 1.24 bits per heavy atom. The van der Waals surface area contributed by atoms with E-state index in [1.54, 1.807) is 0 Å². The van der Waals surface area contributed by atoms with Gasteiger partial charge >= 0.3 is 44.8 Å². The number of hydrogen-bond acceptors (Lipinski definition) is 1. The predicted molar refractivity (Wildman–Crippen MR) is 188 cm³/mol. The Hall–Kier alpha value is -0.768. The van der Waals surface area contributed by atoms with Crippen LogP contribution in [0, 0.1) is 86.9 Å². The Morgan fingerprint density at radius 1 is 0.778 bits per heavy atom. The standard InChI is InChI=1S/C18H15P.C17H23N.C5H5.ClH.Fe.Pd/c1-4-10-16(11-5-1)19(17-12-6-2-7-13-17)18-14-8-3-9-15-18;1-12(13-6-4-5-7-13)18-11-14-8-9-15-10-16(14)17(15,2)3;1-2-4-5-3-1;;;/h1-15H;4-6,14-16H,8-11H2,1-3H3;1-5H;1H;;/q;-1;;;2*+2/p-1/t;14-,15+,16+;;;;/m.0..../s1. The number of aliphatic imine (C=N–C) groups is 1. The van der Waals surface area contributed by atoms with Gasteiger partial charge in [-0.25, -0.2) is 6.42 Å². The zero-order valence-corrected chi connectivity index (χ0v) is 30.6. The minimum absolute atomic E-state index is 0. The number of halogens is 1. The molecule has 3 atom stereocenters. The summed E-state index contributed by atoms with van der Waals surface area (Å²) in [6.07, 6.45) is 23.6. The topological polar surface area (TPSA) is 12.4 Å². The number of benzene rings is 3. The molecule has 0 saturated heterocycles. The van der Waals surface area contributed by atoms with Crippen LogP contribution < -0.4 is 15.9 Å². The summed E-state index contributed by atoms with van der Waals surface area (Å²) in [6, 6.07) is 32.3. The molecule has 10 radical (unpaired) electrons. The normalized spacial score (nSPS) is 23.2. The van der Waals surface area contributed by atoms with Gasteiger partial charge in [0.05, 0.1) is 0 Å². The Kier molecular flexibility index (Phi) is 17.7. The van der Waals surface area contributed by atoms with Crippen LogP contribution in [0.1, 0.15) is 40.0 Å². The van der Waals surface area contributed by atoms with Crippen LogP contribution in [0.25, 0.3) is 0 Å². The molecule has 0 unspecified atom stereocenters. The Bertz CT molecular complexity index is 1130. The fourth-order valence-corrected chi connectivity index (χ4v) is 8.88. The van der Waals surface area contributed by atoms with Gasteiger partial charge in [-0.05, 0) is 111 Å². The van der Waals surface area contributed by atoms with Gasteiger partial charge in [0, 0.05) is 6.54 Å². The molecule has 0 aromatic heterocycles. The quantitative estimate of drug-likeness (QED) is 0.103. The van der Waals surface area contributed by atoms with Gasteiger partial charge in [-0.3, -0.25) is 4.99 Å². The van der Waals surface area contributed by atoms with Gasteiger partial charge in [-0.2, -0.15) is 5.92 Å². The van der Waals surface area contributed by atoms with Crippen molar-refractivity contribution in [2.24, 2.45) is 28.2 Å². The van der Waals surface area contributed by atoms with E-state index in [1.807, 2.05) is 44.9 Å². The zero-order chi connectivity index (χ0) is 31.2. The van der Waals surface area contributed by atoms with Crippen molar-refractivity contribution >= 4 is 39.1 Å². The van der Waals surface area contributed by atoms with Crippen molar-refractivity contribution in [3.05, 3.63) is 155 Å². The van der Waals surface area contributed by atoms with E-state index in [0.29, 0.717) is 5.41 Å². The first-order valence-corrected chi connectivity index (χ1v) is 18.8. The maximum absolute atomic E-state index is 4.82. The van der Waals surface area contributed by atoms with Crippen molar-refractivity contribution in [2.45, 2.75) is 40.0 Å². The first kappa shape index (κ1) is 38.7. The average Bonchev–Trinajstić information content (AvgIpc) is 3.85. The second-order valence-corrected chi connectivity index (χ2v) is 14.2. The number of fused-ring (bicyclic) bond motifs is 2. The van der Waals surface area contributed by atoms with E-state index in [4.69, 9.17) is 4.99 Å². The van der Waals surface area contributed by atoms with Crippen molar-refractivity contribution in [1.29, 1.82) is 0 Å². The molecule has 5 heteroatoms. The van der Waals surface area contributed by atoms with Gasteiger partial charge in [0.1, 0.15) is 0 Å². The molecule has 3 aromatic carbocycles.